The molecule has 1 heterocycles. The molecule has 0 aromatic heterocycles. The summed E-state index contributed by atoms with van der Waals surface area (Å²) in [4.78, 5) is 17.4. The molecule has 3 aromatic carbocycles. The largest absolute Gasteiger partial charge is 0.497 e. The number of piperazine rings is 1. The highest BCUT2D eigenvalue weighted by atomic mass is 16.5. The van der Waals surface area contributed by atoms with Crippen LogP contribution in [0.15, 0.2) is 66.7 Å². The number of methoxy groups -OCH3 is 1. The monoisotopic (exact) mass is 404 g/mol. The van der Waals surface area contributed by atoms with Gasteiger partial charge in [0.1, 0.15) is 11.5 Å². The number of benzene rings is 3. The molecule has 30 heavy (non-hydrogen) atoms. The lowest BCUT2D eigenvalue weighted by Crippen LogP contribution is -2.52. The fourth-order valence-electron chi connectivity index (χ4n) is 3.94. The van der Waals surface area contributed by atoms with Crippen LogP contribution in [0.4, 0.5) is 5.69 Å². The molecule has 1 fully saturated rings. The smallest absolute Gasteiger partial charge is 0.263 e. The van der Waals surface area contributed by atoms with Gasteiger partial charge in [0.25, 0.3) is 5.91 Å². The summed E-state index contributed by atoms with van der Waals surface area (Å²) < 4.78 is 11.4. The number of rotatable bonds is 6. The number of amides is 1. The minimum absolute atomic E-state index is 0.0693. The van der Waals surface area contributed by atoms with Crippen molar-refractivity contribution in [1.29, 1.82) is 0 Å². The van der Waals surface area contributed by atoms with Crippen LogP contribution < -0.4 is 14.4 Å². The van der Waals surface area contributed by atoms with Gasteiger partial charge in [0.15, 0.2) is 6.10 Å². The van der Waals surface area contributed by atoms with Gasteiger partial charge in [0.05, 0.1) is 7.11 Å². The Morgan fingerprint density at radius 2 is 1.63 bits per heavy atom. The van der Waals surface area contributed by atoms with Crippen molar-refractivity contribution in [3.8, 4) is 11.5 Å². The summed E-state index contributed by atoms with van der Waals surface area (Å²) >= 11 is 0. The van der Waals surface area contributed by atoms with E-state index in [4.69, 9.17) is 9.47 Å². The molecule has 0 spiro atoms. The molecule has 0 unspecified atom stereocenters. The summed E-state index contributed by atoms with van der Waals surface area (Å²) in [5.41, 5.74) is 1.15. The van der Waals surface area contributed by atoms with Crippen LogP contribution in [0, 0.1) is 0 Å². The second-order valence-corrected chi connectivity index (χ2v) is 7.50. The van der Waals surface area contributed by atoms with Crippen molar-refractivity contribution in [3.63, 3.8) is 0 Å². The van der Waals surface area contributed by atoms with Gasteiger partial charge < -0.3 is 19.3 Å². The molecule has 0 saturated carbocycles. The first-order valence-corrected chi connectivity index (χ1v) is 10.5. The van der Waals surface area contributed by atoms with E-state index in [-0.39, 0.29) is 5.91 Å². The SMILES string of the molecule is CC[C@H](Oc1cccc2ccccc12)C(=O)N1CCN(c2ccc(OC)cc2)CC1. The van der Waals surface area contributed by atoms with E-state index >= 15 is 0 Å². The number of ether oxygens (including phenoxy) is 2. The predicted molar refractivity (Wildman–Crippen MR) is 120 cm³/mol. The fraction of sp³-hybridized carbons (Fsp3) is 0.320. The molecule has 5 heteroatoms. The Hall–Kier alpha value is -3.21. The summed E-state index contributed by atoms with van der Waals surface area (Å²) in [6.45, 7) is 5.01. The normalized spacial score (nSPS) is 15.1. The Balaban J connectivity index is 1.40. The first kappa shape index (κ1) is 20.1. The summed E-state index contributed by atoms with van der Waals surface area (Å²) in [6.07, 6.45) is 0.171. The van der Waals surface area contributed by atoms with E-state index in [1.54, 1.807) is 7.11 Å². The molecule has 1 atom stereocenters. The van der Waals surface area contributed by atoms with Crippen molar-refractivity contribution >= 4 is 22.4 Å². The van der Waals surface area contributed by atoms with Crippen LogP contribution >= 0.6 is 0 Å². The van der Waals surface area contributed by atoms with Gasteiger partial charge >= 0.3 is 0 Å². The van der Waals surface area contributed by atoms with E-state index in [9.17, 15) is 4.79 Å². The quantitative estimate of drug-likeness (QED) is 0.612. The molecule has 5 nitrogen and oxygen atoms in total. The van der Waals surface area contributed by atoms with E-state index in [0.717, 1.165) is 41.0 Å². The lowest BCUT2D eigenvalue weighted by molar-refractivity contribution is -0.139. The van der Waals surface area contributed by atoms with Gasteiger partial charge in [-0.2, -0.15) is 0 Å². The molecule has 1 aliphatic rings. The average molecular weight is 405 g/mol. The van der Waals surface area contributed by atoms with E-state index < -0.39 is 6.10 Å². The van der Waals surface area contributed by atoms with Gasteiger partial charge in [-0.3, -0.25) is 4.79 Å². The van der Waals surface area contributed by atoms with Crippen molar-refractivity contribution in [2.24, 2.45) is 0 Å². The number of hydrogen-bond donors (Lipinski definition) is 0. The van der Waals surface area contributed by atoms with Gasteiger partial charge in [-0.15, -0.1) is 0 Å². The molecular weight excluding hydrogens is 376 g/mol. The standard InChI is InChI=1S/C25H28N2O3/c1-3-23(30-24-10-6-8-19-7-4-5-9-22(19)24)25(28)27-17-15-26(16-18-27)20-11-13-21(29-2)14-12-20/h4-14,23H,3,15-18H2,1-2H3/t23-/m0/s1. The van der Waals surface area contributed by atoms with Gasteiger partial charge in [0, 0.05) is 37.3 Å². The zero-order chi connectivity index (χ0) is 20.9. The maximum Gasteiger partial charge on any atom is 0.263 e. The van der Waals surface area contributed by atoms with E-state index in [1.807, 2.05) is 54.3 Å². The van der Waals surface area contributed by atoms with Crippen molar-refractivity contribution in [2.45, 2.75) is 19.4 Å². The molecule has 0 aliphatic carbocycles. The van der Waals surface area contributed by atoms with Crippen LogP contribution in [-0.2, 0) is 4.79 Å². The lowest BCUT2D eigenvalue weighted by Gasteiger charge is -2.37. The van der Waals surface area contributed by atoms with Crippen LogP contribution in [0.25, 0.3) is 10.8 Å². The van der Waals surface area contributed by atoms with Gasteiger partial charge in [-0.25, -0.2) is 0 Å². The highest BCUT2D eigenvalue weighted by Gasteiger charge is 2.28. The third-order valence-electron chi connectivity index (χ3n) is 5.69. The molecule has 0 N–H and O–H groups in total. The summed E-state index contributed by atoms with van der Waals surface area (Å²) in [7, 11) is 1.67. The number of anilines is 1. The zero-order valence-corrected chi connectivity index (χ0v) is 17.6. The second-order valence-electron chi connectivity index (χ2n) is 7.50. The molecule has 1 saturated heterocycles. The Kier molecular flexibility index (Phi) is 6.07. The Labute approximate surface area is 177 Å². The van der Waals surface area contributed by atoms with E-state index in [0.29, 0.717) is 19.5 Å². The van der Waals surface area contributed by atoms with Crippen LogP contribution in [-0.4, -0.2) is 50.2 Å². The number of carbonyl (C=O) groups excluding carboxylic acids is 1. The third kappa shape index (κ3) is 4.20. The van der Waals surface area contributed by atoms with Crippen LogP contribution in [0.3, 0.4) is 0 Å². The minimum Gasteiger partial charge on any atom is -0.497 e. The van der Waals surface area contributed by atoms with Crippen LogP contribution in [0.2, 0.25) is 0 Å². The summed E-state index contributed by atoms with van der Waals surface area (Å²) in [5.74, 6) is 1.69. The molecule has 0 bridgehead atoms. The number of fused-ring (bicyclic) bond motifs is 1. The van der Waals surface area contributed by atoms with Crippen molar-refractivity contribution in [1.82, 2.24) is 4.90 Å². The Morgan fingerprint density at radius 3 is 2.33 bits per heavy atom. The maximum atomic E-state index is 13.2. The third-order valence-corrected chi connectivity index (χ3v) is 5.69. The average Bonchev–Trinajstić information content (AvgIpc) is 2.82. The van der Waals surface area contributed by atoms with Crippen LogP contribution in [0.5, 0.6) is 11.5 Å². The first-order valence-electron chi connectivity index (χ1n) is 10.5. The maximum absolute atomic E-state index is 13.2. The number of nitrogens with zero attached hydrogens (tertiary/aromatic N) is 2. The lowest BCUT2D eigenvalue weighted by atomic mass is 10.1. The number of carbonyl (C=O) groups is 1. The summed E-state index contributed by atoms with van der Waals surface area (Å²) in [6, 6.07) is 22.2. The predicted octanol–water partition coefficient (Wildman–Crippen LogP) is 4.35. The highest BCUT2D eigenvalue weighted by Crippen LogP contribution is 2.27. The summed E-state index contributed by atoms with van der Waals surface area (Å²) in [5, 5.41) is 2.15. The molecule has 3 aromatic rings. The molecule has 156 valence electrons. The molecule has 4 rings (SSSR count). The van der Waals surface area contributed by atoms with Crippen molar-refractivity contribution in [2.75, 3.05) is 38.2 Å². The fourth-order valence-corrected chi connectivity index (χ4v) is 3.94. The van der Waals surface area contributed by atoms with Crippen molar-refractivity contribution in [3.05, 3.63) is 66.7 Å². The van der Waals surface area contributed by atoms with Gasteiger partial charge in [0.2, 0.25) is 0 Å². The molecule has 1 amide bonds. The zero-order valence-electron chi connectivity index (χ0n) is 17.6. The topological polar surface area (TPSA) is 42.0 Å². The van der Waals surface area contributed by atoms with Gasteiger partial charge in [-0.1, -0.05) is 43.3 Å². The van der Waals surface area contributed by atoms with E-state index in [2.05, 4.69) is 29.2 Å². The first-order chi connectivity index (χ1) is 14.7. The van der Waals surface area contributed by atoms with Crippen LogP contribution in [0.1, 0.15) is 13.3 Å². The molecule has 1 aliphatic heterocycles. The Bertz CT molecular complexity index is 989. The highest BCUT2D eigenvalue weighted by molar-refractivity contribution is 5.89. The van der Waals surface area contributed by atoms with Crippen molar-refractivity contribution < 1.29 is 14.3 Å². The number of hydrogen-bond acceptors (Lipinski definition) is 4. The second kappa shape index (κ2) is 9.08. The molecule has 0 radical (unpaired) electrons. The Morgan fingerprint density at radius 1 is 0.933 bits per heavy atom. The van der Waals surface area contributed by atoms with E-state index in [1.165, 1.54) is 0 Å². The van der Waals surface area contributed by atoms with Gasteiger partial charge in [-0.05, 0) is 42.1 Å². The molecular formula is C25H28N2O3. The minimum atomic E-state index is -0.469.